The molecule has 1 aliphatic heterocycles. The van der Waals surface area contributed by atoms with Crippen molar-refractivity contribution in [2.75, 3.05) is 13.1 Å². The van der Waals surface area contributed by atoms with Crippen LogP contribution in [-0.2, 0) is 11.2 Å². The van der Waals surface area contributed by atoms with Gasteiger partial charge in [-0.1, -0.05) is 38.1 Å². The first-order valence-corrected chi connectivity index (χ1v) is 8.22. The van der Waals surface area contributed by atoms with Gasteiger partial charge in [-0.15, -0.1) is 0 Å². The summed E-state index contributed by atoms with van der Waals surface area (Å²) in [6, 6.07) is 8.63. The third-order valence-corrected chi connectivity index (χ3v) is 4.95. The number of amides is 1. The summed E-state index contributed by atoms with van der Waals surface area (Å²) < 4.78 is 0. The van der Waals surface area contributed by atoms with Crippen LogP contribution in [0.25, 0.3) is 0 Å². The molecule has 0 spiro atoms. The van der Waals surface area contributed by atoms with Gasteiger partial charge >= 0.3 is 0 Å². The van der Waals surface area contributed by atoms with Crippen molar-refractivity contribution in [3.63, 3.8) is 0 Å². The molecule has 3 nitrogen and oxygen atoms in total. The van der Waals surface area contributed by atoms with E-state index in [1.54, 1.807) is 0 Å². The van der Waals surface area contributed by atoms with Crippen LogP contribution in [0.3, 0.4) is 0 Å². The van der Waals surface area contributed by atoms with Gasteiger partial charge in [-0.25, -0.2) is 0 Å². The Labute approximate surface area is 128 Å². The largest absolute Gasteiger partial charge is 0.349 e. The predicted molar refractivity (Wildman–Crippen MR) is 87.2 cm³/mol. The molecule has 0 aliphatic carbocycles. The summed E-state index contributed by atoms with van der Waals surface area (Å²) in [6.07, 6.45) is 3.85. The quantitative estimate of drug-likeness (QED) is 0.873. The molecule has 1 unspecified atom stereocenters. The number of nitrogens with one attached hydrogen (secondary N) is 2. The Bertz CT molecular complexity index is 461. The average molecular weight is 288 g/mol. The fourth-order valence-electron chi connectivity index (χ4n) is 3.12. The van der Waals surface area contributed by atoms with E-state index < -0.39 is 0 Å². The van der Waals surface area contributed by atoms with Crippen molar-refractivity contribution in [3.8, 4) is 0 Å². The van der Waals surface area contributed by atoms with Gasteiger partial charge in [0.05, 0.1) is 11.5 Å². The zero-order valence-corrected chi connectivity index (χ0v) is 13.5. The topological polar surface area (TPSA) is 41.1 Å². The minimum Gasteiger partial charge on any atom is -0.349 e. The highest BCUT2D eigenvalue weighted by Gasteiger charge is 2.38. The van der Waals surface area contributed by atoms with E-state index in [9.17, 15) is 4.79 Å². The van der Waals surface area contributed by atoms with Crippen LogP contribution in [0, 0.1) is 5.41 Å². The maximum absolute atomic E-state index is 12.7. The van der Waals surface area contributed by atoms with Crippen molar-refractivity contribution in [3.05, 3.63) is 35.4 Å². The number of benzene rings is 1. The highest BCUT2D eigenvalue weighted by Crippen LogP contribution is 2.33. The second kappa shape index (κ2) is 7.08. The molecule has 3 heteroatoms. The number of rotatable bonds is 5. The lowest BCUT2D eigenvalue weighted by Crippen LogP contribution is -2.47. The molecule has 0 bridgehead atoms. The maximum Gasteiger partial charge on any atom is 0.226 e. The smallest absolute Gasteiger partial charge is 0.226 e. The van der Waals surface area contributed by atoms with Crippen LogP contribution in [0.1, 0.15) is 57.2 Å². The molecule has 1 aromatic carbocycles. The summed E-state index contributed by atoms with van der Waals surface area (Å²) in [4.78, 5) is 12.7. The lowest BCUT2D eigenvalue weighted by Gasteiger charge is -2.36. The predicted octanol–water partition coefficient (Wildman–Crippen LogP) is 3.21. The van der Waals surface area contributed by atoms with Crippen LogP contribution in [0.2, 0.25) is 0 Å². The molecule has 1 saturated heterocycles. The van der Waals surface area contributed by atoms with E-state index in [2.05, 4.69) is 55.7 Å². The molecule has 21 heavy (non-hydrogen) atoms. The summed E-state index contributed by atoms with van der Waals surface area (Å²) in [5, 5.41) is 6.57. The second-order valence-electron chi connectivity index (χ2n) is 6.17. The SMILES string of the molecule is CCc1ccc(C(C)NC(=O)C2(CC)CCNCC2)cc1. The molecular weight excluding hydrogens is 260 g/mol. The van der Waals surface area contributed by atoms with Crippen molar-refractivity contribution < 1.29 is 4.79 Å². The summed E-state index contributed by atoms with van der Waals surface area (Å²) >= 11 is 0. The van der Waals surface area contributed by atoms with E-state index in [1.165, 1.54) is 11.1 Å². The average Bonchev–Trinajstić information content (AvgIpc) is 2.55. The number of aryl methyl sites for hydroxylation is 1. The van der Waals surface area contributed by atoms with Gasteiger partial charge in [-0.05, 0) is 56.8 Å². The Kier molecular flexibility index (Phi) is 5.40. The normalized spacial score (nSPS) is 19.0. The van der Waals surface area contributed by atoms with Crippen LogP contribution in [0.15, 0.2) is 24.3 Å². The molecule has 1 aliphatic rings. The third-order valence-electron chi connectivity index (χ3n) is 4.95. The monoisotopic (exact) mass is 288 g/mol. The van der Waals surface area contributed by atoms with Crippen LogP contribution in [0.5, 0.6) is 0 Å². The maximum atomic E-state index is 12.7. The molecule has 1 fully saturated rings. The van der Waals surface area contributed by atoms with Crippen LogP contribution in [-0.4, -0.2) is 19.0 Å². The first-order valence-electron chi connectivity index (χ1n) is 8.22. The Morgan fingerprint density at radius 2 is 1.86 bits per heavy atom. The van der Waals surface area contributed by atoms with Gasteiger partial charge in [0.15, 0.2) is 0 Å². The van der Waals surface area contributed by atoms with Gasteiger partial charge in [-0.3, -0.25) is 4.79 Å². The van der Waals surface area contributed by atoms with E-state index in [0.717, 1.165) is 38.8 Å². The zero-order chi connectivity index (χ0) is 15.3. The molecule has 0 radical (unpaired) electrons. The highest BCUT2D eigenvalue weighted by atomic mass is 16.2. The van der Waals surface area contributed by atoms with E-state index in [4.69, 9.17) is 0 Å². The van der Waals surface area contributed by atoms with E-state index in [0.29, 0.717) is 0 Å². The summed E-state index contributed by atoms with van der Waals surface area (Å²) in [5.41, 5.74) is 2.34. The Morgan fingerprint density at radius 1 is 1.24 bits per heavy atom. The van der Waals surface area contributed by atoms with E-state index in [1.807, 2.05) is 0 Å². The van der Waals surface area contributed by atoms with Crippen molar-refractivity contribution in [2.45, 2.75) is 52.5 Å². The lowest BCUT2D eigenvalue weighted by atomic mass is 9.75. The van der Waals surface area contributed by atoms with Crippen molar-refractivity contribution in [2.24, 2.45) is 5.41 Å². The summed E-state index contributed by atoms with van der Waals surface area (Å²) in [5.74, 6) is 0.221. The summed E-state index contributed by atoms with van der Waals surface area (Å²) in [7, 11) is 0. The first kappa shape index (κ1) is 16.0. The Balaban J connectivity index is 2.03. The van der Waals surface area contributed by atoms with Crippen LogP contribution in [0.4, 0.5) is 0 Å². The standard InChI is InChI=1S/C18H28N2O/c1-4-15-6-8-16(9-7-15)14(3)20-17(21)18(5-2)10-12-19-13-11-18/h6-9,14,19H,4-5,10-13H2,1-3H3,(H,20,21). The number of carbonyl (C=O) groups excluding carboxylic acids is 1. The fourth-order valence-corrected chi connectivity index (χ4v) is 3.12. The molecule has 116 valence electrons. The van der Waals surface area contributed by atoms with Gasteiger partial charge in [0, 0.05) is 0 Å². The zero-order valence-electron chi connectivity index (χ0n) is 13.5. The minimum atomic E-state index is -0.178. The van der Waals surface area contributed by atoms with Gasteiger partial charge in [-0.2, -0.15) is 0 Å². The molecule has 1 heterocycles. The minimum absolute atomic E-state index is 0.0710. The highest BCUT2D eigenvalue weighted by molar-refractivity contribution is 5.83. The fraction of sp³-hybridized carbons (Fsp3) is 0.611. The molecular formula is C18H28N2O. The summed E-state index contributed by atoms with van der Waals surface area (Å²) in [6.45, 7) is 8.25. The van der Waals surface area contributed by atoms with Gasteiger partial charge < -0.3 is 10.6 Å². The number of carbonyl (C=O) groups is 1. The van der Waals surface area contributed by atoms with Gasteiger partial charge in [0.1, 0.15) is 0 Å². The third kappa shape index (κ3) is 3.65. The van der Waals surface area contributed by atoms with Gasteiger partial charge in [0.25, 0.3) is 0 Å². The molecule has 2 N–H and O–H groups in total. The van der Waals surface area contributed by atoms with E-state index in [-0.39, 0.29) is 17.4 Å². The second-order valence-corrected chi connectivity index (χ2v) is 6.17. The Morgan fingerprint density at radius 3 is 2.38 bits per heavy atom. The lowest BCUT2D eigenvalue weighted by molar-refractivity contribution is -0.133. The number of hydrogen-bond donors (Lipinski definition) is 2. The van der Waals surface area contributed by atoms with Crippen molar-refractivity contribution >= 4 is 5.91 Å². The number of piperidine rings is 1. The molecule has 1 atom stereocenters. The first-order chi connectivity index (χ1) is 10.1. The molecule has 1 amide bonds. The molecule has 2 rings (SSSR count). The van der Waals surface area contributed by atoms with Crippen molar-refractivity contribution in [1.82, 2.24) is 10.6 Å². The number of hydrogen-bond acceptors (Lipinski definition) is 2. The molecule has 1 aromatic rings. The van der Waals surface area contributed by atoms with Crippen LogP contribution < -0.4 is 10.6 Å². The van der Waals surface area contributed by atoms with Gasteiger partial charge in [0.2, 0.25) is 5.91 Å². The van der Waals surface area contributed by atoms with Crippen molar-refractivity contribution in [1.29, 1.82) is 0 Å². The Hall–Kier alpha value is -1.35. The molecule has 0 saturated carbocycles. The molecule has 0 aromatic heterocycles. The van der Waals surface area contributed by atoms with E-state index >= 15 is 0 Å². The van der Waals surface area contributed by atoms with Crippen LogP contribution >= 0.6 is 0 Å².